The van der Waals surface area contributed by atoms with Crippen molar-refractivity contribution in [1.82, 2.24) is 0 Å². The van der Waals surface area contributed by atoms with E-state index >= 15 is 0 Å². The Kier molecular flexibility index (Phi) is 2.07. The molecule has 0 aliphatic carbocycles. The van der Waals surface area contributed by atoms with E-state index in [0.29, 0.717) is 11.4 Å². The minimum absolute atomic E-state index is 0.183. The molecule has 0 aromatic heterocycles. The van der Waals surface area contributed by atoms with Gasteiger partial charge in [0.1, 0.15) is 0 Å². The number of thioether (sulfide) groups is 1. The fraction of sp³-hybridized carbons (Fsp3) is 0.200. The largest absolute Gasteiger partial charge is 0.293 e. The lowest BCUT2D eigenvalue weighted by molar-refractivity contribution is 0.102. The molecule has 1 aromatic rings. The number of carbonyl (C=O) groups excluding carboxylic acids is 1. The Bertz CT molecular complexity index is 406. The van der Waals surface area contributed by atoms with Crippen molar-refractivity contribution in [3.8, 4) is 0 Å². The van der Waals surface area contributed by atoms with Crippen LogP contribution in [-0.2, 0) is 5.75 Å². The smallest absolute Gasteiger partial charge is 0.187 e. The van der Waals surface area contributed by atoms with Crippen LogP contribution < -0.4 is 0 Å². The van der Waals surface area contributed by atoms with Crippen molar-refractivity contribution >= 4 is 23.2 Å². The van der Waals surface area contributed by atoms with Gasteiger partial charge in [0.15, 0.2) is 11.5 Å². The van der Waals surface area contributed by atoms with E-state index in [2.05, 4.69) is 4.85 Å². The molecule has 1 heterocycles. The van der Waals surface area contributed by atoms with Gasteiger partial charge in [0.05, 0.1) is 12.3 Å². The number of fused-ring (bicyclic) bond motifs is 1. The predicted molar refractivity (Wildman–Crippen MR) is 53.2 cm³/mol. The molecular formula is C10H7NOS. The van der Waals surface area contributed by atoms with Crippen molar-refractivity contribution in [3.05, 3.63) is 40.7 Å². The van der Waals surface area contributed by atoms with E-state index in [4.69, 9.17) is 6.57 Å². The van der Waals surface area contributed by atoms with Crippen molar-refractivity contribution in [2.45, 2.75) is 5.75 Å². The van der Waals surface area contributed by atoms with Gasteiger partial charge >= 0.3 is 0 Å². The molecule has 64 valence electrons. The van der Waals surface area contributed by atoms with Gasteiger partial charge in [-0.05, 0) is 5.56 Å². The fourth-order valence-electron chi connectivity index (χ4n) is 1.37. The first-order chi connectivity index (χ1) is 6.31. The second kappa shape index (κ2) is 3.23. The van der Waals surface area contributed by atoms with Gasteiger partial charge in [-0.25, -0.2) is 4.85 Å². The Balaban J connectivity index is 2.53. The summed E-state index contributed by atoms with van der Waals surface area (Å²) in [6.45, 7) is 6.84. The predicted octanol–water partition coefficient (Wildman–Crippen LogP) is 2.67. The first-order valence-electron chi connectivity index (χ1n) is 3.92. The maximum absolute atomic E-state index is 11.4. The van der Waals surface area contributed by atoms with Crippen molar-refractivity contribution in [1.29, 1.82) is 0 Å². The van der Waals surface area contributed by atoms with E-state index in [0.717, 1.165) is 16.9 Å². The third-order valence-corrected chi connectivity index (χ3v) is 2.99. The molecule has 3 heteroatoms. The Morgan fingerprint density at radius 3 is 3.00 bits per heavy atom. The highest BCUT2D eigenvalue weighted by Crippen LogP contribution is 2.27. The first-order valence-corrected chi connectivity index (χ1v) is 5.08. The Morgan fingerprint density at radius 2 is 2.23 bits per heavy atom. The quantitative estimate of drug-likeness (QED) is 0.585. The molecule has 1 aromatic carbocycles. The van der Waals surface area contributed by atoms with Crippen LogP contribution in [0.2, 0.25) is 0 Å². The lowest BCUT2D eigenvalue weighted by Crippen LogP contribution is -2.10. The molecule has 0 bridgehead atoms. The summed E-state index contributed by atoms with van der Waals surface area (Å²) in [5.74, 6) is 1.61. The minimum Gasteiger partial charge on any atom is -0.293 e. The first kappa shape index (κ1) is 8.33. The van der Waals surface area contributed by atoms with Gasteiger partial charge in [-0.15, -0.1) is 11.8 Å². The Hall–Kier alpha value is -1.27. The summed E-state index contributed by atoms with van der Waals surface area (Å²) >= 11 is 1.61. The summed E-state index contributed by atoms with van der Waals surface area (Å²) in [4.78, 5) is 14.7. The highest BCUT2D eigenvalue weighted by molar-refractivity contribution is 7.99. The highest BCUT2D eigenvalue weighted by Gasteiger charge is 2.16. The minimum atomic E-state index is 0.183. The van der Waals surface area contributed by atoms with Crippen LogP contribution in [0.1, 0.15) is 15.9 Å². The van der Waals surface area contributed by atoms with Crippen LogP contribution in [0.5, 0.6) is 0 Å². The normalized spacial score (nSPS) is 14.8. The van der Waals surface area contributed by atoms with Crippen molar-refractivity contribution < 1.29 is 4.79 Å². The second-order valence-electron chi connectivity index (χ2n) is 2.87. The highest BCUT2D eigenvalue weighted by atomic mass is 32.2. The van der Waals surface area contributed by atoms with E-state index in [1.54, 1.807) is 23.9 Å². The van der Waals surface area contributed by atoms with E-state index in [1.807, 2.05) is 6.07 Å². The van der Waals surface area contributed by atoms with E-state index in [-0.39, 0.29) is 5.78 Å². The molecule has 2 rings (SSSR count). The van der Waals surface area contributed by atoms with Crippen LogP contribution in [0.3, 0.4) is 0 Å². The van der Waals surface area contributed by atoms with Crippen LogP contribution in [0.25, 0.3) is 4.85 Å². The van der Waals surface area contributed by atoms with Crippen LogP contribution in [0, 0.1) is 6.57 Å². The van der Waals surface area contributed by atoms with Gasteiger partial charge in [-0.1, -0.05) is 18.2 Å². The molecule has 2 nitrogen and oxygen atoms in total. The molecule has 1 aliphatic rings. The molecule has 0 amide bonds. The van der Waals surface area contributed by atoms with Crippen LogP contribution in [0.15, 0.2) is 18.2 Å². The van der Waals surface area contributed by atoms with Crippen molar-refractivity contribution in [2.75, 3.05) is 5.75 Å². The molecule has 0 N–H and O–H groups in total. The molecule has 0 radical (unpaired) electrons. The summed E-state index contributed by atoms with van der Waals surface area (Å²) < 4.78 is 0. The van der Waals surface area contributed by atoms with E-state index in [1.165, 1.54) is 0 Å². The number of hydrogen-bond donors (Lipinski definition) is 0. The topological polar surface area (TPSA) is 21.4 Å². The number of carbonyl (C=O) groups is 1. The molecule has 13 heavy (non-hydrogen) atoms. The average Bonchev–Trinajstić information content (AvgIpc) is 2.18. The maximum atomic E-state index is 11.4. The van der Waals surface area contributed by atoms with E-state index in [9.17, 15) is 4.79 Å². The van der Waals surface area contributed by atoms with Gasteiger partial charge in [0.25, 0.3) is 0 Å². The Labute approximate surface area is 80.8 Å². The summed E-state index contributed by atoms with van der Waals surface area (Å²) in [5.41, 5.74) is 2.43. The van der Waals surface area contributed by atoms with Crippen molar-refractivity contribution in [2.24, 2.45) is 0 Å². The monoisotopic (exact) mass is 189 g/mol. The zero-order chi connectivity index (χ0) is 9.26. The standard InChI is InChI=1S/C10H7NOS/c1-11-8-2-3-9-7(4-8)5-13-6-10(9)12/h2-4H,5-6H2. The lowest BCUT2D eigenvalue weighted by atomic mass is 10.0. The molecule has 0 saturated heterocycles. The lowest BCUT2D eigenvalue weighted by Gasteiger charge is -2.13. The van der Waals surface area contributed by atoms with Crippen LogP contribution >= 0.6 is 11.8 Å². The molecule has 0 unspecified atom stereocenters. The molecule has 0 spiro atoms. The van der Waals surface area contributed by atoms with Gasteiger partial charge in [0, 0.05) is 11.3 Å². The van der Waals surface area contributed by atoms with Gasteiger partial charge in [-0.2, -0.15) is 0 Å². The maximum Gasteiger partial charge on any atom is 0.187 e. The van der Waals surface area contributed by atoms with Crippen molar-refractivity contribution in [3.63, 3.8) is 0 Å². The summed E-state index contributed by atoms with van der Waals surface area (Å²) in [7, 11) is 0. The SMILES string of the molecule is [C-]#[N+]c1ccc2c(c1)CSCC2=O. The summed E-state index contributed by atoms with van der Waals surface area (Å²) in [5, 5.41) is 0. The van der Waals surface area contributed by atoms with Gasteiger partial charge < -0.3 is 0 Å². The molecule has 1 aliphatic heterocycles. The number of benzene rings is 1. The third-order valence-electron chi connectivity index (χ3n) is 2.01. The number of Topliss-reactive ketones (excluding diaryl/α,β-unsaturated/α-hetero) is 1. The fourth-order valence-corrected chi connectivity index (χ4v) is 2.27. The molecule has 0 saturated carbocycles. The van der Waals surface area contributed by atoms with E-state index < -0.39 is 0 Å². The molecular weight excluding hydrogens is 182 g/mol. The summed E-state index contributed by atoms with van der Waals surface area (Å²) in [6, 6.07) is 5.29. The molecule has 0 fully saturated rings. The van der Waals surface area contributed by atoms with Gasteiger partial charge in [-0.3, -0.25) is 4.79 Å². The van der Waals surface area contributed by atoms with Crippen LogP contribution in [0.4, 0.5) is 5.69 Å². The Morgan fingerprint density at radius 1 is 1.38 bits per heavy atom. The average molecular weight is 189 g/mol. The number of hydrogen-bond acceptors (Lipinski definition) is 2. The second-order valence-corrected chi connectivity index (χ2v) is 3.85. The zero-order valence-corrected chi connectivity index (χ0v) is 7.73. The number of nitrogens with zero attached hydrogens (tertiary/aromatic N) is 1. The molecule has 0 atom stereocenters. The van der Waals surface area contributed by atoms with Gasteiger partial charge in [0.2, 0.25) is 0 Å². The summed E-state index contributed by atoms with van der Waals surface area (Å²) in [6.07, 6.45) is 0. The third kappa shape index (κ3) is 1.45. The number of ketones is 1. The zero-order valence-electron chi connectivity index (χ0n) is 6.91. The van der Waals surface area contributed by atoms with Crippen LogP contribution in [-0.4, -0.2) is 11.5 Å². The number of rotatable bonds is 0.